The van der Waals surface area contributed by atoms with E-state index in [2.05, 4.69) is 36.0 Å². The number of piperidine rings is 1. The molecule has 2 amide bonds. The number of likely N-dealkylation sites (tertiary alicyclic amines) is 1. The number of anilines is 2. The summed E-state index contributed by atoms with van der Waals surface area (Å²) in [6, 6.07) is 11.7. The van der Waals surface area contributed by atoms with Crippen molar-refractivity contribution in [2.45, 2.75) is 39.0 Å². The van der Waals surface area contributed by atoms with Gasteiger partial charge in [-0.1, -0.05) is 32.9 Å². The molecule has 2 aliphatic heterocycles. The number of morpholine rings is 1. The predicted molar refractivity (Wildman–Crippen MR) is 130 cm³/mol. The van der Waals surface area contributed by atoms with Crippen LogP contribution in [0.5, 0.6) is 0 Å². The van der Waals surface area contributed by atoms with Crippen LogP contribution in [0.2, 0.25) is 0 Å². The number of ether oxygens (including phenoxy) is 1. The van der Waals surface area contributed by atoms with Gasteiger partial charge in [0, 0.05) is 37.7 Å². The molecule has 33 heavy (non-hydrogen) atoms. The van der Waals surface area contributed by atoms with Crippen molar-refractivity contribution in [1.82, 2.24) is 9.88 Å². The minimum absolute atomic E-state index is 0.00227. The first kappa shape index (κ1) is 23.2. The number of carbonyl (C=O) groups is 2. The number of pyridine rings is 1. The number of benzene rings is 1. The molecule has 0 atom stereocenters. The predicted octanol–water partition coefficient (Wildman–Crippen LogP) is 3.71. The van der Waals surface area contributed by atoms with Gasteiger partial charge in [-0.25, -0.2) is 4.98 Å². The summed E-state index contributed by atoms with van der Waals surface area (Å²) in [4.78, 5) is 34.2. The molecule has 2 aliphatic rings. The number of carbonyl (C=O) groups excluding carboxylic acids is 2. The molecule has 0 bridgehead atoms. The van der Waals surface area contributed by atoms with Crippen molar-refractivity contribution in [1.29, 1.82) is 0 Å². The van der Waals surface area contributed by atoms with Crippen LogP contribution in [0.25, 0.3) is 0 Å². The van der Waals surface area contributed by atoms with E-state index in [0.29, 0.717) is 50.4 Å². The smallest absolute Gasteiger partial charge is 0.253 e. The lowest BCUT2D eigenvalue weighted by molar-refractivity contribution is -0.121. The highest BCUT2D eigenvalue weighted by atomic mass is 16.5. The third-order valence-corrected chi connectivity index (χ3v) is 6.50. The third kappa shape index (κ3) is 5.71. The van der Waals surface area contributed by atoms with E-state index in [1.807, 2.05) is 41.3 Å². The van der Waals surface area contributed by atoms with Crippen LogP contribution in [0.1, 0.15) is 49.5 Å². The van der Waals surface area contributed by atoms with Crippen LogP contribution in [0.3, 0.4) is 0 Å². The topological polar surface area (TPSA) is 74.8 Å². The number of hydrogen-bond acceptors (Lipinski definition) is 5. The Balaban J connectivity index is 1.27. The summed E-state index contributed by atoms with van der Waals surface area (Å²) in [5.74, 6) is 0.838. The first-order valence-corrected chi connectivity index (χ1v) is 11.8. The van der Waals surface area contributed by atoms with Crippen LogP contribution in [-0.2, 0) is 14.9 Å². The largest absolute Gasteiger partial charge is 0.378 e. The van der Waals surface area contributed by atoms with Crippen LogP contribution in [0.4, 0.5) is 11.5 Å². The van der Waals surface area contributed by atoms with Crippen molar-refractivity contribution in [3.63, 3.8) is 0 Å². The maximum absolute atomic E-state index is 12.9. The van der Waals surface area contributed by atoms with Gasteiger partial charge in [-0.05, 0) is 48.1 Å². The molecule has 0 aliphatic carbocycles. The van der Waals surface area contributed by atoms with Crippen LogP contribution in [0, 0.1) is 5.92 Å². The Labute approximate surface area is 196 Å². The SMILES string of the molecule is CC(C)(C)c1ccc(C(=O)N2CCC(C(=O)Nc3ccc(N4CCOCC4)nc3)CC2)cc1. The third-order valence-electron chi connectivity index (χ3n) is 6.50. The zero-order valence-electron chi connectivity index (χ0n) is 19.8. The molecule has 7 nitrogen and oxygen atoms in total. The van der Waals surface area contributed by atoms with Gasteiger partial charge in [0.15, 0.2) is 0 Å². The van der Waals surface area contributed by atoms with E-state index >= 15 is 0 Å². The van der Waals surface area contributed by atoms with Crippen molar-refractivity contribution in [2.75, 3.05) is 49.6 Å². The summed E-state index contributed by atoms with van der Waals surface area (Å²) in [7, 11) is 0. The Morgan fingerprint density at radius 2 is 1.64 bits per heavy atom. The lowest BCUT2D eigenvalue weighted by atomic mass is 9.86. The van der Waals surface area contributed by atoms with Crippen LogP contribution in [0.15, 0.2) is 42.6 Å². The monoisotopic (exact) mass is 450 g/mol. The second-order valence-electron chi connectivity index (χ2n) is 9.89. The van der Waals surface area contributed by atoms with Gasteiger partial charge in [0.1, 0.15) is 5.82 Å². The molecule has 1 aromatic heterocycles. The average Bonchev–Trinajstić information content (AvgIpc) is 2.84. The highest BCUT2D eigenvalue weighted by Gasteiger charge is 2.28. The molecule has 1 aromatic carbocycles. The van der Waals surface area contributed by atoms with Crippen LogP contribution < -0.4 is 10.2 Å². The van der Waals surface area contributed by atoms with E-state index in [0.717, 1.165) is 18.9 Å². The Bertz CT molecular complexity index is 953. The van der Waals surface area contributed by atoms with Crippen molar-refractivity contribution in [2.24, 2.45) is 5.92 Å². The molecule has 2 fully saturated rings. The zero-order valence-corrected chi connectivity index (χ0v) is 19.8. The summed E-state index contributed by atoms with van der Waals surface area (Å²) in [5, 5.41) is 2.99. The number of hydrogen-bond donors (Lipinski definition) is 1. The van der Waals surface area contributed by atoms with E-state index in [1.54, 1.807) is 6.20 Å². The van der Waals surface area contributed by atoms with Crippen molar-refractivity contribution >= 4 is 23.3 Å². The fraction of sp³-hybridized carbons (Fsp3) is 0.500. The van der Waals surface area contributed by atoms with E-state index in [-0.39, 0.29) is 23.1 Å². The fourth-order valence-corrected chi connectivity index (χ4v) is 4.32. The molecular formula is C26H34N4O3. The first-order valence-electron chi connectivity index (χ1n) is 11.8. The summed E-state index contributed by atoms with van der Waals surface area (Å²) >= 11 is 0. The second-order valence-corrected chi connectivity index (χ2v) is 9.89. The van der Waals surface area contributed by atoms with Gasteiger partial charge in [0.2, 0.25) is 5.91 Å². The van der Waals surface area contributed by atoms with Gasteiger partial charge in [-0.2, -0.15) is 0 Å². The van der Waals surface area contributed by atoms with Gasteiger partial charge < -0.3 is 19.9 Å². The van der Waals surface area contributed by atoms with Gasteiger partial charge in [-0.3, -0.25) is 9.59 Å². The zero-order chi connectivity index (χ0) is 23.4. The summed E-state index contributed by atoms with van der Waals surface area (Å²) < 4.78 is 5.38. The lowest BCUT2D eigenvalue weighted by Gasteiger charge is -2.31. The average molecular weight is 451 g/mol. The van der Waals surface area contributed by atoms with E-state index in [9.17, 15) is 9.59 Å². The molecule has 0 spiro atoms. The molecule has 2 saturated heterocycles. The fourth-order valence-electron chi connectivity index (χ4n) is 4.32. The lowest BCUT2D eigenvalue weighted by Crippen LogP contribution is -2.41. The van der Waals surface area contributed by atoms with Crippen LogP contribution >= 0.6 is 0 Å². The van der Waals surface area contributed by atoms with Crippen molar-refractivity contribution in [3.8, 4) is 0 Å². The molecule has 2 aromatic rings. The standard InChI is InChI=1S/C26H34N4O3/c1-26(2,3)21-6-4-20(5-7-21)25(32)30-12-10-19(11-13-30)24(31)28-22-8-9-23(27-18-22)29-14-16-33-17-15-29/h4-9,18-19H,10-17H2,1-3H3,(H,28,31). The molecule has 0 saturated carbocycles. The summed E-state index contributed by atoms with van der Waals surface area (Å²) in [6.45, 7) is 10.7. The van der Waals surface area contributed by atoms with Crippen molar-refractivity contribution < 1.29 is 14.3 Å². The Morgan fingerprint density at radius 3 is 2.21 bits per heavy atom. The quantitative estimate of drug-likeness (QED) is 0.769. The molecular weight excluding hydrogens is 416 g/mol. The highest BCUT2D eigenvalue weighted by molar-refractivity contribution is 5.95. The van der Waals surface area contributed by atoms with Crippen molar-refractivity contribution in [3.05, 3.63) is 53.7 Å². The number of aromatic nitrogens is 1. The minimum atomic E-state index is -0.101. The second kappa shape index (κ2) is 9.91. The van der Waals surface area contributed by atoms with Gasteiger partial charge in [-0.15, -0.1) is 0 Å². The van der Waals surface area contributed by atoms with Crippen LogP contribution in [-0.4, -0.2) is 61.1 Å². The van der Waals surface area contributed by atoms with Gasteiger partial charge in [0.05, 0.1) is 25.1 Å². The van der Waals surface area contributed by atoms with E-state index in [1.165, 1.54) is 5.56 Å². The van der Waals surface area contributed by atoms with E-state index in [4.69, 9.17) is 4.74 Å². The molecule has 176 valence electrons. The first-order chi connectivity index (χ1) is 15.8. The summed E-state index contributed by atoms with van der Waals surface area (Å²) in [5.41, 5.74) is 2.68. The Morgan fingerprint density at radius 1 is 0.970 bits per heavy atom. The maximum Gasteiger partial charge on any atom is 0.253 e. The molecule has 4 rings (SSSR count). The van der Waals surface area contributed by atoms with Gasteiger partial charge in [0.25, 0.3) is 5.91 Å². The Kier molecular flexibility index (Phi) is 6.98. The molecule has 0 radical (unpaired) electrons. The molecule has 7 heteroatoms. The van der Waals surface area contributed by atoms with E-state index < -0.39 is 0 Å². The summed E-state index contributed by atoms with van der Waals surface area (Å²) in [6.07, 6.45) is 3.04. The van der Waals surface area contributed by atoms with Gasteiger partial charge >= 0.3 is 0 Å². The molecule has 3 heterocycles. The maximum atomic E-state index is 12.9. The number of nitrogens with one attached hydrogen (secondary N) is 1. The number of amides is 2. The number of rotatable bonds is 4. The normalized spacial score (nSPS) is 17.7. The number of nitrogens with zero attached hydrogens (tertiary/aromatic N) is 3. The Hall–Kier alpha value is -2.93. The molecule has 1 N–H and O–H groups in total. The minimum Gasteiger partial charge on any atom is -0.378 e. The highest BCUT2D eigenvalue weighted by Crippen LogP contribution is 2.25. The molecule has 0 unspecified atom stereocenters.